The molecule has 1 aliphatic heterocycles. The van der Waals surface area contributed by atoms with Gasteiger partial charge in [-0.3, -0.25) is 0 Å². The summed E-state index contributed by atoms with van der Waals surface area (Å²) in [4.78, 5) is 2.45. The molecule has 0 saturated carbocycles. The number of fused-ring (bicyclic) bond motifs is 1. The van der Waals surface area contributed by atoms with E-state index < -0.39 is 0 Å². The smallest absolute Gasteiger partial charge is 0.0402 e. The summed E-state index contributed by atoms with van der Waals surface area (Å²) in [5, 5.41) is 0. The highest BCUT2D eigenvalue weighted by Crippen LogP contribution is 2.43. The second-order valence-corrected chi connectivity index (χ2v) is 6.58. The van der Waals surface area contributed by atoms with Crippen molar-refractivity contribution >= 4 is 5.69 Å². The molecular formula is C21H27N. The lowest BCUT2D eigenvalue weighted by Crippen LogP contribution is -2.35. The van der Waals surface area contributed by atoms with Crippen molar-refractivity contribution in [3.05, 3.63) is 65.7 Å². The molecule has 0 aliphatic carbocycles. The molecule has 0 amide bonds. The Kier molecular flexibility index (Phi) is 4.82. The van der Waals surface area contributed by atoms with E-state index in [2.05, 4.69) is 73.5 Å². The van der Waals surface area contributed by atoms with Gasteiger partial charge < -0.3 is 4.90 Å². The summed E-state index contributed by atoms with van der Waals surface area (Å²) in [7, 11) is 2.24. The van der Waals surface area contributed by atoms with E-state index in [1.807, 2.05) is 0 Å². The van der Waals surface area contributed by atoms with Gasteiger partial charge in [-0.2, -0.15) is 0 Å². The number of benzene rings is 2. The highest BCUT2D eigenvalue weighted by atomic mass is 15.1. The van der Waals surface area contributed by atoms with Crippen LogP contribution in [0.5, 0.6) is 0 Å². The van der Waals surface area contributed by atoms with Gasteiger partial charge in [0, 0.05) is 25.2 Å². The average Bonchev–Trinajstić information content (AvgIpc) is 2.56. The fraction of sp³-hybridized carbons (Fsp3) is 0.429. The Labute approximate surface area is 135 Å². The molecule has 0 spiro atoms. The van der Waals surface area contributed by atoms with Crippen LogP contribution in [0.3, 0.4) is 0 Å². The number of anilines is 1. The zero-order chi connectivity index (χ0) is 15.4. The summed E-state index contributed by atoms with van der Waals surface area (Å²) in [5.41, 5.74) is 4.39. The first-order valence-corrected chi connectivity index (χ1v) is 8.66. The quantitative estimate of drug-likeness (QED) is 0.661. The molecule has 0 fully saturated rings. The Balaban J connectivity index is 1.96. The van der Waals surface area contributed by atoms with Crippen molar-refractivity contribution in [3.63, 3.8) is 0 Å². The van der Waals surface area contributed by atoms with Crippen molar-refractivity contribution in [2.45, 2.75) is 38.5 Å². The molecule has 1 heteroatoms. The van der Waals surface area contributed by atoms with E-state index in [-0.39, 0.29) is 0 Å². The minimum Gasteiger partial charge on any atom is -0.374 e. The Hall–Kier alpha value is -1.76. The third kappa shape index (κ3) is 3.04. The number of hydrogen-bond acceptors (Lipinski definition) is 1. The molecule has 0 bridgehead atoms. The highest BCUT2D eigenvalue weighted by Gasteiger charge is 2.32. The van der Waals surface area contributed by atoms with Gasteiger partial charge in [-0.05, 0) is 29.5 Å². The van der Waals surface area contributed by atoms with Gasteiger partial charge in [0.05, 0.1) is 0 Å². The minimum absolute atomic E-state index is 0.547. The third-order valence-electron chi connectivity index (χ3n) is 5.00. The van der Waals surface area contributed by atoms with Gasteiger partial charge >= 0.3 is 0 Å². The van der Waals surface area contributed by atoms with Gasteiger partial charge in [0.1, 0.15) is 0 Å². The molecule has 1 nitrogen and oxygen atoms in total. The Morgan fingerprint density at radius 1 is 0.955 bits per heavy atom. The summed E-state index contributed by atoms with van der Waals surface area (Å²) >= 11 is 0. The van der Waals surface area contributed by atoms with E-state index in [4.69, 9.17) is 0 Å². The topological polar surface area (TPSA) is 3.24 Å². The predicted octanol–water partition coefficient (Wildman–Crippen LogP) is 5.46. The van der Waals surface area contributed by atoms with Gasteiger partial charge in [-0.1, -0.05) is 74.7 Å². The highest BCUT2D eigenvalue weighted by molar-refractivity contribution is 5.59. The third-order valence-corrected chi connectivity index (χ3v) is 5.00. The zero-order valence-corrected chi connectivity index (χ0v) is 13.8. The van der Waals surface area contributed by atoms with Crippen LogP contribution in [-0.4, -0.2) is 13.6 Å². The second-order valence-electron chi connectivity index (χ2n) is 6.58. The molecule has 2 unspecified atom stereocenters. The van der Waals surface area contributed by atoms with Crippen LogP contribution in [0.15, 0.2) is 54.6 Å². The van der Waals surface area contributed by atoms with Gasteiger partial charge in [-0.15, -0.1) is 0 Å². The van der Waals surface area contributed by atoms with Crippen LogP contribution in [0, 0.1) is 5.92 Å². The molecule has 1 aliphatic rings. The van der Waals surface area contributed by atoms with Gasteiger partial charge in [0.25, 0.3) is 0 Å². The fourth-order valence-corrected chi connectivity index (χ4v) is 3.93. The molecule has 0 radical (unpaired) electrons. The predicted molar refractivity (Wildman–Crippen MR) is 95.6 cm³/mol. The van der Waals surface area contributed by atoms with Gasteiger partial charge in [-0.25, -0.2) is 0 Å². The Morgan fingerprint density at radius 2 is 1.68 bits per heavy atom. The summed E-state index contributed by atoms with van der Waals surface area (Å²) < 4.78 is 0. The molecule has 3 rings (SSSR count). The first-order chi connectivity index (χ1) is 10.8. The first-order valence-electron chi connectivity index (χ1n) is 8.66. The fourth-order valence-electron chi connectivity index (χ4n) is 3.93. The standard InChI is InChI=1S/C21H27N/c1-3-4-6-13-18-16-22(2)20-15-10-9-14-19(20)21(18)17-11-7-5-8-12-17/h5,7-12,14-15,18,21H,3-4,6,13,16H2,1-2H3. The lowest BCUT2D eigenvalue weighted by atomic mass is 9.75. The normalized spacial score (nSPS) is 20.7. The van der Waals surface area contributed by atoms with Crippen molar-refractivity contribution in [2.24, 2.45) is 5.92 Å². The van der Waals surface area contributed by atoms with E-state index in [0.717, 1.165) is 0 Å². The molecule has 2 aromatic carbocycles. The maximum atomic E-state index is 2.45. The average molecular weight is 293 g/mol. The van der Waals surface area contributed by atoms with Crippen molar-refractivity contribution in [1.29, 1.82) is 0 Å². The minimum atomic E-state index is 0.547. The van der Waals surface area contributed by atoms with Crippen molar-refractivity contribution in [1.82, 2.24) is 0 Å². The molecule has 0 aromatic heterocycles. The largest absolute Gasteiger partial charge is 0.374 e. The van der Waals surface area contributed by atoms with Crippen molar-refractivity contribution < 1.29 is 0 Å². The van der Waals surface area contributed by atoms with Crippen molar-refractivity contribution in [3.8, 4) is 0 Å². The lowest BCUT2D eigenvalue weighted by Gasteiger charge is -2.40. The summed E-state index contributed by atoms with van der Waals surface area (Å²) in [6, 6.07) is 20.0. The molecule has 2 atom stereocenters. The summed E-state index contributed by atoms with van der Waals surface area (Å²) in [6.07, 6.45) is 5.32. The second kappa shape index (κ2) is 7.00. The van der Waals surface area contributed by atoms with E-state index in [9.17, 15) is 0 Å². The number of nitrogens with zero attached hydrogens (tertiary/aromatic N) is 1. The van der Waals surface area contributed by atoms with E-state index >= 15 is 0 Å². The molecule has 2 aromatic rings. The van der Waals surface area contributed by atoms with E-state index in [1.54, 1.807) is 0 Å². The maximum Gasteiger partial charge on any atom is 0.0402 e. The molecule has 0 saturated heterocycles. The Morgan fingerprint density at radius 3 is 2.45 bits per heavy atom. The molecular weight excluding hydrogens is 266 g/mol. The van der Waals surface area contributed by atoms with E-state index in [0.29, 0.717) is 11.8 Å². The first kappa shape index (κ1) is 15.1. The molecule has 116 valence electrons. The monoisotopic (exact) mass is 293 g/mol. The maximum absolute atomic E-state index is 2.45. The van der Waals surface area contributed by atoms with Crippen LogP contribution in [0.1, 0.15) is 49.7 Å². The van der Waals surface area contributed by atoms with Crippen LogP contribution in [0.2, 0.25) is 0 Å². The van der Waals surface area contributed by atoms with E-state index in [1.165, 1.54) is 49.0 Å². The van der Waals surface area contributed by atoms with Crippen molar-refractivity contribution in [2.75, 3.05) is 18.5 Å². The number of unbranched alkanes of at least 4 members (excludes halogenated alkanes) is 2. The van der Waals surface area contributed by atoms with Crippen LogP contribution >= 0.6 is 0 Å². The number of rotatable bonds is 5. The molecule has 1 heterocycles. The van der Waals surface area contributed by atoms with Crippen LogP contribution in [-0.2, 0) is 0 Å². The summed E-state index contributed by atoms with van der Waals surface area (Å²) in [6.45, 7) is 3.46. The summed E-state index contributed by atoms with van der Waals surface area (Å²) in [5.74, 6) is 1.26. The lowest BCUT2D eigenvalue weighted by molar-refractivity contribution is 0.402. The van der Waals surface area contributed by atoms with Crippen LogP contribution in [0.4, 0.5) is 5.69 Å². The van der Waals surface area contributed by atoms with Crippen LogP contribution in [0.25, 0.3) is 0 Å². The number of para-hydroxylation sites is 1. The van der Waals surface area contributed by atoms with Crippen LogP contribution < -0.4 is 4.90 Å². The van der Waals surface area contributed by atoms with Gasteiger partial charge in [0.15, 0.2) is 0 Å². The Bertz CT molecular complexity index is 590. The SMILES string of the molecule is CCCCCC1CN(C)c2ccccc2C1c1ccccc1. The van der Waals surface area contributed by atoms with Gasteiger partial charge in [0.2, 0.25) is 0 Å². The number of hydrogen-bond donors (Lipinski definition) is 0. The molecule has 22 heavy (non-hydrogen) atoms. The zero-order valence-electron chi connectivity index (χ0n) is 13.8. The molecule has 0 N–H and O–H groups in total.